The van der Waals surface area contributed by atoms with E-state index in [9.17, 15) is 12.8 Å². The monoisotopic (exact) mass is 363 g/mol. The molecule has 2 aromatic carbocycles. The fraction of sp³-hybridized carbons (Fsp3) is 0. The Kier molecular flexibility index (Phi) is 4.13. The Morgan fingerprint density at radius 3 is 2.32 bits per heavy atom. The van der Waals surface area contributed by atoms with E-state index >= 15 is 0 Å². The summed E-state index contributed by atoms with van der Waals surface area (Å²) in [5.74, 6) is -0.683. The van der Waals surface area contributed by atoms with Crippen molar-refractivity contribution >= 4 is 43.2 Å². The first-order valence-corrected chi connectivity index (χ1v) is 7.77. The third-order valence-corrected chi connectivity index (χ3v) is 4.53. The molecule has 2 rings (SSSR count). The lowest BCUT2D eigenvalue weighted by atomic mass is 10.3. The summed E-state index contributed by atoms with van der Waals surface area (Å²) in [6.07, 6.45) is 0. The number of anilines is 1. The van der Waals surface area contributed by atoms with Crippen molar-refractivity contribution in [1.29, 1.82) is 0 Å². The van der Waals surface area contributed by atoms with Crippen LogP contribution in [0.4, 0.5) is 10.1 Å². The van der Waals surface area contributed by atoms with Crippen LogP contribution in [0.2, 0.25) is 5.02 Å². The zero-order valence-corrected chi connectivity index (χ0v) is 12.6. The molecule has 0 radical (unpaired) electrons. The molecular formula is C12H8BrClFNO2S. The number of sulfonamides is 1. The van der Waals surface area contributed by atoms with Crippen LogP contribution in [0.15, 0.2) is 51.8 Å². The zero-order valence-electron chi connectivity index (χ0n) is 9.40. The van der Waals surface area contributed by atoms with Gasteiger partial charge in [-0.2, -0.15) is 0 Å². The normalized spacial score (nSPS) is 11.3. The number of hydrogen-bond donors (Lipinski definition) is 1. The molecule has 1 N–H and O–H groups in total. The molecule has 0 aliphatic heterocycles. The summed E-state index contributed by atoms with van der Waals surface area (Å²) >= 11 is 8.75. The van der Waals surface area contributed by atoms with E-state index in [0.717, 1.165) is 10.5 Å². The van der Waals surface area contributed by atoms with Crippen molar-refractivity contribution in [3.63, 3.8) is 0 Å². The van der Waals surface area contributed by atoms with Crippen molar-refractivity contribution in [2.45, 2.75) is 4.90 Å². The van der Waals surface area contributed by atoms with Gasteiger partial charge in [-0.25, -0.2) is 12.8 Å². The second kappa shape index (κ2) is 5.48. The van der Waals surface area contributed by atoms with E-state index < -0.39 is 15.8 Å². The van der Waals surface area contributed by atoms with Crippen molar-refractivity contribution < 1.29 is 12.8 Å². The summed E-state index contributed by atoms with van der Waals surface area (Å²) < 4.78 is 40.3. The molecule has 19 heavy (non-hydrogen) atoms. The highest BCUT2D eigenvalue weighted by molar-refractivity contribution is 9.10. The maximum Gasteiger partial charge on any atom is 0.261 e. The summed E-state index contributed by atoms with van der Waals surface area (Å²) in [6, 6.07) is 9.81. The first kappa shape index (κ1) is 14.3. The van der Waals surface area contributed by atoms with Gasteiger partial charge in [0.15, 0.2) is 0 Å². The SMILES string of the molecule is O=S(=O)(Nc1ccc(Cl)c(F)c1)c1ccc(Br)cc1. The van der Waals surface area contributed by atoms with Gasteiger partial charge in [0.25, 0.3) is 10.0 Å². The predicted octanol–water partition coefficient (Wildman–Crippen LogP) is 4.04. The van der Waals surface area contributed by atoms with Crippen LogP contribution >= 0.6 is 27.5 Å². The Labute approximate surface area is 123 Å². The van der Waals surface area contributed by atoms with Crippen LogP contribution < -0.4 is 4.72 Å². The molecule has 0 aliphatic rings. The van der Waals surface area contributed by atoms with Gasteiger partial charge in [0.05, 0.1) is 15.6 Å². The Morgan fingerprint density at radius 1 is 1.11 bits per heavy atom. The van der Waals surface area contributed by atoms with E-state index in [1.165, 1.54) is 24.3 Å². The zero-order chi connectivity index (χ0) is 14.0. The first-order valence-electron chi connectivity index (χ1n) is 5.12. The van der Waals surface area contributed by atoms with Crippen LogP contribution in [0.5, 0.6) is 0 Å². The fourth-order valence-electron chi connectivity index (χ4n) is 1.39. The quantitative estimate of drug-likeness (QED) is 0.893. The molecule has 0 atom stereocenters. The van der Waals surface area contributed by atoms with Crippen LogP contribution in [0, 0.1) is 5.82 Å². The highest BCUT2D eigenvalue weighted by Crippen LogP contribution is 2.22. The number of halogens is 3. The maximum atomic E-state index is 13.2. The van der Waals surface area contributed by atoms with Crippen LogP contribution in [-0.2, 0) is 10.0 Å². The van der Waals surface area contributed by atoms with E-state index in [1.807, 2.05) is 0 Å². The lowest BCUT2D eigenvalue weighted by molar-refractivity contribution is 0.601. The van der Waals surface area contributed by atoms with Gasteiger partial charge >= 0.3 is 0 Å². The molecule has 0 fully saturated rings. The first-order chi connectivity index (χ1) is 8.88. The molecule has 3 nitrogen and oxygen atoms in total. The number of benzene rings is 2. The molecule has 0 heterocycles. The number of rotatable bonds is 3. The molecular weight excluding hydrogens is 357 g/mol. The molecule has 0 amide bonds. The lowest BCUT2D eigenvalue weighted by Crippen LogP contribution is -2.12. The minimum Gasteiger partial charge on any atom is -0.280 e. The van der Waals surface area contributed by atoms with Crippen LogP contribution in [0.3, 0.4) is 0 Å². The van der Waals surface area contributed by atoms with Gasteiger partial charge in [0.1, 0.15) is 5.82 Å². The topological polar surface area (TPSA) is 46.2 Å². The van der Waals surface area contributed by atoms with Crippen molar-refractivity contribution in [2.24, 2.45) is 0 Å². The molecule has 0 spiro atoms. The van der Waals surface area contributed by atoms with Gasteiger partial charge in [-0.15, -0.1) is 0 Å². The minimum absolute atomic E-state index is 0.0633. The molecule has 0 aromatic heterocycles. The number of hydrogen-bond acceptors (Lipinski definition) is 2. The van der Waals surface area contributed by atoms with E-state index in [2.05, 4.69) is 20.7 Å². The molecule has 2 aromatic rings. The molecule has 100 valence electrons. The Balaban J connectivity index is 2.30. The summed E-state index contributed by atoms with van der Waals surface area (Å²) in [5.41, 5.74) is 0.116. The number of nitrogens with one attached hydrogen (secondary N) is 1. The molecule has 0 bridgehead atoms. The highest BCUT2D eigenvalue weighted by Gasteiger charge is 2.14. The van der Waals surface area contributed by atoms with Crippen molar-refractivity contribution in [2.75, 3.05) is 4.72 Å². The summed E-state index contributed by atoms with van der Waals surface area (Å²) in [6.45, 7) is 0. The molecule has 0 aliphatic carbocycles. The average Bonchev–Trinajstić information content (AvgIpc) is 2.34. The molecule has 0 unspecified atom stereocenters. The third kappa shape index (κ3) is 3.46. The van der Waals surface area contributed by atoms with Crippen molar-refractivity contribution in [1.82, 2.24) is 0 Å². The molecule has 0 saturated carbocycles. The summed E-state index contributed by atoms with van der Waals surface area (Å²) in [5, 5.41) is -0.0633. The molecule has 0 saturated heterocycles. The van der Waals surface area contributed by atoms with Gasteiger partial charge < -0.3 is 0 Å². The Morgan fingerprint density at radius 2 is 1.74 bits per heavy atom. The fourth-order valence-corrected chi connectivity index (χ4v) is 2.82. The predicted molar refractivity (Wildman–Crippen MR) is 76.4 cm³/mol. The van der Waals surface area contributed by atoms with Crippen molar-refractivity contribution in [3.05, 3.63) is 57.8 Å². The highest BCUT2D eigenvalue weighted by atomic mass is 79.9. The van der Waals surface area contributed by atoms with Crippen LogP contribution in [0.25, 0.3) is 0 Å². The van der Waals surface area contributed by atoms with Gasteiger partial charge in [0.2, 0.25) is 0 Å². The van der Waals surface area contributed by atoms with E-state index in [4.69, 9.17) is 11.6 Å². The van der Waals surface area contributed by atoms with E-state index in [-0.39, 0.29) is 15.6 Å². The minimum atomic E-state index is -3.74. The second-order valence-electron chi connectivity index (χ2n) is 3.69. The standard InChI is InChI=1S/C12H8BrClFNO2S/c13-8-1-4-10(5-2-8)19(17,18)16-9-3-6-11(14)12(15)7-9/h1-7,16H. The van der Waals surface area contributed by atoms with Crippen molar-refractivity contribution in [3.8, 4) is 0 Å². The maximum absolute atomic E-state index is 13.2. The van der Waals surface area contributed by atoms with Gasteiger partial charge in [-0.3, -0.25) is 4.72 Å². The van der Waals surface area contributed by atoms with E-state index in [0.29, 0.717) is 0 Å². The Hall–Kier alpha value is -1.11. The third-order valence-electron chi connectivity index (χ3n) is 2.30. The van der Waals surface area contributed by atoms with Gasteiger partial charge in [0, 0.05) is 4.47 Å². The molecule has 7 heteroatoms. The summed E-state index contributed by atoms with van der Waals surface area (Å²) in [4.78, 5) is 0.0889. The van der Waals surface area contributed by atoms with E-state index in [1.54, 1.807) is 12.1 Å². The Bertz CT molecular complexity index is 704. The second-order valence-corrected chi connectivity index (χ2v) is 6.69. The largest absolute Gasteiger partial charge is 0.280 e. The summed E-state index contributed by atoms with van der Waals surface area (Å²) in [7, 11) is -3.74. The van der Waals surface area contributed by atoms with Gasteiger partial charge in [-0.05, 0) is 42.5 Å². The van der Waals surface area contributed by atoms with Gasteiger partial charge in [-0.1, -0.05) is 27.5 Å². The smallest absolute Gasteiger partial charge is 0.261 e. The lowest BCUT2D eigenvalue weighted by Gasteiger charge is -2.08. The average molecular weight is 365 g/mol. The van der Waals surface area contributed by atoms with Crippen LogP contribution in [-0.4, -0.2) is 8.42 Å². The van der Waals surface area contributed by atoms with Crippen LogP contribution in [0.1, 0.15) is 0 Å².